The topological polar surface area (TPSA) is 74.2 Å². The molecule has 1 aliphatic heterocycles. The van der Waals surface area contributed by atoms with Gasteiger partial charge in [-0.2, -0.15) is 18.3 Å². The largest absolute Gasteiger partial charge is 0.416 e. The zero-order valence-corrected chi connectivity index (χ0v) is 19.2. The summed E-state index contributed by atoms with van der Waals surface area (Å²) >= 11 is 0. The van der Waals surface area contributed by atoms with Gasteiger partial charge in [-0.3, -0.25) is 4.98 Å². The maximum Gasteiger partial charge on any atom is 0.416 e. The molecule has 4 rings (SSSR count). The van der Waals surface area contributed by atoms with Gasteiger partial charge in [0.25, 0.3) is 0 Å². The molecule has 2 aromatic heterocycles. The summed E-state index contributed by atoms with van der Waals surface area (Å²) in [6.07, 6.45) is -1.29. The van der Waals surface area contributed by atoms with Crippen molar-refractivity contribution in [1.29, 1.82) is 0 Å². The molecule has 2 N–H and O–H groups in total. The zero-order valence-electron chi connectivity index (χ0n) is 19.2. The maximum absolute atomic E-state index is 13.4. The van der Waals surface area contributed by atoms with E-state index in [9.17, 15) is 18.3 Å². The third-order valence-corrected chi connectivity index (χ3v) is 6.48. The van der Waals surface area contributed by atoms with E-state index in [1.54, 1.807) is 19.2 Å². The SMILES string of the molecule is Cc1c([C@@H](C)Nc2nnc(C)c3ncc(N4CCC(C)(O)CC4)cc23)cccc1C(F)(F)F. The highest BCUT2D eigenvalue weighted by Crippen LogP contribution is 2.36. The van der Waals surface area contributed by atoms with E-state index < -0.39 is 23.4 Å². The van der Waals surface area contributed by atoms with Gasteiger partial charge in [-0.05, 0) is 63.8 Å². The Morgan fingerprint density at radius 1 is 1.15 bits per heavy atom. The van der Waals surface area contributed by atoms with Crippen LogP contribution in [0.4, 0.5) is 24.7 Å². The number of piperidine rings is 1. The van der Waals surface area contributed by atoms with Crippen LogP contribution in [-0.2, 0) is 6.18 Å². The van der Waals surface area contributed by atoms with E-state index in [4.69, 9.17) is 0 Å². The second kappa shape index (κ2) is 8.44. The Bertz CT molecular complexity index is 1170. The highest BCUT2D eigenvalue weighted by Gasteiger charge is 2.33. The average Bonchev–Trinajstić information content (AvgIpc) is 2.75. The fourth-order valence-corrected chi connectivity index (χ4v) is 4.39. The van der Waals surface area contributed by atoms with Gasteiger partial charge in [0, 0.05) is 18.5 Å². The number of hydrogen-bond acceptors (Lipinski definition) is 6. The van der Waals surface area contributed by atoms with Gasteiger partial charge in [-0.1, -0.05) is 12.1 Å². The molecular formula is C24H28F3N5O. The number of fused-ring (bicyclic) bond motifs is 1. The quantitative estimate of drug-likeness (QED) is 0.560. The van der Waals surface area contributed by atoms with Crippen LogP contribution >= 0.6 is 0 Å². The molecule has 0 spiro atoms. The van der Waals surface area contributed by atoms with E-state index >= 15 is 0 Å². The molecule has 1 aliphatic rings. The second-order valence-electron chi connectivity index (χ2n) is 9.09. The highest BCUT2D eigenvalue weighted by molar-refractivity contribution is 5.92. The molecule has 33 heavy (non-hydrogen) atoms. The van der Waals surface area contributed by atoms with Gasteiger partial charge < -0.3 is 15.3 Å². The van der Waals surface area contributed by atoms with Crippen LogP contribution in [0.25, 0.3) is 10.9 Å². The molecule has 0 unspecified atom stereocenters. The molecule has 0 radical (unpaired) electrons. The van der Waals surface area contributed by atoms with Gasteiger partial charge in [-0.15, -0.1) is 5.10 Å². The second-order valence-corrected chi connectivity index (χ2v) is 9.09. The van der Waals surface area contributed by atoms with Crippen molar-refractivity contribution >= 4 is 22.4 Å². The summed E-state index contributed by atoms with van der Waals surface area (Å²) < 4.78 is 40.1. The Morgan fingerprint density at radius 2 is 1.85 bits per heavy atom. The van der Waals surface area contributed by atoms with E-state index in [-0.39, 0.29) is 5.56 Å². The predicted octanol–water partition coefficient (Wildman–Crippen LogP) is 5.18. The molecule has 1 fully saturated rings. The van der Waals surface area contributed by atoms with E-state index in [0.29, 0.717) is 48.5 Å². The van der Waals surface area contributed by atoms with Crippen LogP contribution in [0.1, 0.15) is 55.1 Å². The standard InChI is InChI=1S/C24H28F3N5O/c1-14-18(6-5-7-20(14)24(25,26)27)15(2)29-22-19-12-17(13-28-21(19)16(3)30-31-22)32-10-8-23(4,33)9-11-32/h5-7,12-13,15,33H,8-11H2,1-4H3,(H,29,31)/t15-/m1/s1. The molecule has 0 saturated carbocycles. The molecule has 0 amide bonds. The number of nitrogens with one attached hydrogen (secondary N) is 1. The number of hydrogen-bond donors (Lipinski definition) is 2. The Labute approximate surface area is 190 Å². The minimum atomic E-state index is -4.41. The van der Waals surface area contributed by atoms with Crippen molar-refractivity contribution in [2.75, 3.05) is 23.3 Å². The average molecular weight is 460 g/mol. The molecule has 176 valence electrons. The summed E-state index contributed by atoms with van der Waals surface area (Å²) in [6, 6.07) is 5.76. The van der Waals surface area contributed by atoms with Crippen molar-refractivity contribution in [3.8, 4) is 0 Å². The molecule has 0 bridgehead atoms. The summed E-state index contributed by atoms with van der Waals surface area (Å²) in [6.45, 7) is 8.38. The van der Waals surface area contributed by atoms with Crippen molar-refractivity contribution < 1.29 is 18.3 Å². The van der Waals surface area contributed by atoms with Crippen LogP contribution in [0.5, 0.6) is 0 Å². The number of alkyl halides is 3. The Hall–Kier alpha value is -2.94. The first-order valence-corrected chi connectivity index (χ1v) is 11.0. The predicted molar refractivity (Wildman–Crippen MR) is 122 cm³/mol. The van der Waals surface area contributed by atoms with E-state index in [0.717, 1.165) is 17.1 Å². The van der Waals surface area contributed by atoms with E-state index in [1.807, 2.05) is 19.9 Å². The number of nitrogens with zero attached hydrogens (tertiary/aromatic N) is 4. The molecular weight excluding hydrogens is 431 g/mol. The zero-order chi connectivity index (χ0) is 24.0. The smallest absolute Gasteiger partial charge is 0.390 e. The van der Waals surface area contributed by atoms with Crippen LogP contribution in [0.15, 0.2) is 30.5 Å². The third kappa shape index (κ3) is 4.73. The first-order valence-electron chi connectivity index (χ1n) is 11.0. The first kappa shape index (κ1) is 23.2. The van der Waals surface area contributed by atoms with Crippen LogP contribution in [0.2, 0.25) is 0 Å². The number of aliphatic hydroxyl groups is 1. The van der Waals surface area contributed by atoms with Crippen LogP contribution in [-0.4, -0.2) is 39.0 Å². The van der Waals surface area contributed by atoms with E-state index in [1.165, 1.54) is 13.0 Å². The molecule has 1 aromatic carbocycles. The minimum absolute atomic E-state index is 0.188. The fourth-order valence-electron chi connectivity index (χ4n) is 4.39. The van der Waals surface area contributed by atoms with Crippen molar-refractivity contribution in [2.45, 2.75) is 58.4 Å². The minimum Gasteiger partial charge on any atom is -0.390 e. The van der Waals surface area contributed by atoms with Gasteiger partial charge in [0.15, 0.2) is 5.82 Å². The molecule has 9 heteroatoms. The first-order chi connectivity index (χ1) is 15.5. The van der Waals surface area contributed by atoms with E-state index in [2.05, 4.69) is 25.4 Å². The number of aryl methyl sites for hydroxylation is 1. The summed E-state index contributed by atoms with van der Waals surface area (Å²) in [7, 11) is 0. The van der Waals surface area contributed by atoms with Crippen molar-refractivity contribution in [3.05, 3.63) is 52.8 Å². The lowest BCUT2D eigenvalue weighted by Gasteiger charge is -2.37. The number of halogens is 3. The van der Waals surface area contributed by atoms with Crippen LogP contribution in [0.3, 0.4) is 0 Å². The third-order valence-electron chi connectivity index (χ3n) is 6.48. The normalized spacial score (nSPS) is 17.3. The van der Waals surface area contributed by atoms with Crippen molar-refractivity contribution in [2.24, 2.45) is 0 Å². The molecule has 1 atom stereocenters. The lowest BCUT2D eigenvalue weighted by Crippen LogP contribution is -2.42. The highest BCUT2D eigenvalue weighted by atomic mass is 19.4. The summed E-state index contributed by atoms with van der Waals surface area (Å²) in [5.41, 5.74) is 1.71. The van der Waals surface area contributed by atoms with Gasteiger partial charge in [0.2, 0.25) is 0 Å². The Morgan fingerprint density at radius 3 is 2.52 bits per heavy atom. The molecule has 3 aromatic rings. The lowest BCUT2D eigenvalue weighted by atomic mass is 9.93. The number of pyridine rings is 1. The van der Waals surface area contributed by atoms with Gasteiger partial charge in [0.1, 0.15) is 0 Å². The van der Waals surface area contributed by atoms with Crippen LogP contribution < -0.4 is 10.2 Å². The summed E-state index contributed by atoms with van der Waals surface area (Å²) in [5, 5.41) is 22.8. The number of rotatable bonds is 4. The molecule has 3 heterocycles. The van der Waals surface area contributed by atoms with Crippen molar-refractivity contribution in [1.82, 2.24) is 15.2 Å². The van der Waals surface area contributed by atoms with Crippen molar-refractivity contribution in [3.63, 3.8) is 0 Å². The number of benzene rings is 1. The summed E-state index contributed by atoms with van der Waals surface area (Å²) in [5.74, 6) is 0.471. The fraction of sp³-hybridized carbons (Fsp3) is 0.458. The molecule has 1 saturated heterocycles. The van der Waals surface area contributed by atoms with Gasteiger partial charge in [0.05, 0.1) is 40.3 Å². The number of anilines is 2. The molecule has 6 nitrogen and oxygen atoms in total. The summed E-state index contributed by atoms with van der Waals surface area (Å²) in [4.78, 5) is 6.77. The monoisotopic (exact) mass is 459 g/mol. The Balaban J connectivity index is 1.68. The maximum atomic E-state index is 13.4. The lowest BCUT2D eigenvalue weighted by molar-refractivity contribution is -0.138. The van der Waals surface area contributed by atoms with Gasteiger partial charge >= 0.3 is 6.18 Å². The Kier molecular flexibility index (Phi) is 5.94. The molecule has 0 aliphatic carbocycles. The van der Waals surface area contributed by atoms with Gasteiger partial charge in [-0.25, -0.2) is 0 Å². The van der Waals surface area contributed by atoms with Crippen LogP contribution in [0, 0.1) is 13.8 Å². The number of aromatic nitrogens is 3.